The lowest BCUT2D eigenvalue weighted by molar-refractivity contribution is 0.661. The average molecular weight is 345 g/mol. The van der Waals surface area contributed by atoms with Crippen molar-refractivity contribution in [2.75, 3.05) is 9.80 Å². The lowest BCUT2D eigenvalue weighted by Gasteiger charge is -2.33. The van der Waals surface area contributed by atoms with Gasteiger partial charge in [0.15, 0.2) is 5.82 Å². The van der Waals surface area contributed by atoms with Crippen LogP contribution in [0.5, 0.6) is 0 Å². The number of nitrogens with zero attached hydrogens (tertiary/aromatic N) is 5. The van der Waals surface area contributed by atoms with Crippen LogP contribution in [0.2, 0.25) is 0 Å². The van der Waals surface area contributed by atoms with Gasteiger partial charge in [0.05, 0.1) is 6.20 Å². The van der Waals surface area contributed by atoms with E-state index in [0.717, 1.165) is 36.5 Å². The number of hydrogen-bond donors (Lipinski definition) is 0. The number of anilines is 4. The van der Waals surface area contributed by atoms with Crippen LogP contribution in [-0.2, 0) is 6.42 Å². The molecule has 5 nitrogen and oxygen atoms in total. The average Bonchev–Trinajstić information content (AvgIpc) is 3.03. The van der Waals surface area contributed by atoms with Crippen molar-refractivity contribution in [1.29, 1.82) is 0 Å². The summed E-state index contributed by atoms with van der Waals surface area (Å²) >= 11 is 0. The Morgan fingerprint density at radius 1 is 0.923 bits per heavy atom. The van der Waals surface area contributed by atoms with Gasteiger partial charge in [-0.1, -0.05) is 38.5 Å². The second-order valence-electron chi connectivity index (χ2n) is 6.44. The summed E-state index contributed by atoms with van der Waals surface area (Å²) < 4.78 is 0. The van der Waals surface area contributed by atoms with Crippen molar-refractivity contribution in [3.05, 3.63) is 66.9 Å². The maximum absolute atomic E-state index is 4.62. The monoisotopic (exact) mass is 345 g/mol. The van der Waals surface area contributed by atoms with E-state index in [0.29, 0.717) is 0 Å². The second kappa shape index (κ2) is 7.12. The molecule has 5 heteroatoms. The van der Waals surface area contributed by atoms with Crippen LogP contribution in [0.3, 0.4) is 0 Å². The largest absolute Gasteiger partial charge is 0.315 e. The molecule has 1 aliphatic heterocycles. The molecule has 0 bridgehead atoms. The molecule has 3 aromatic rings. The molecule has 2 aromatic heterocycles. The van der Waals surface area contributed by atoms with Crippen molar-refractivity contribution in [1.82, 2.24) is 15.0 Å². The molecule has 0 amide bonds. The molecule has 26 heavy (non-hydrogen) atoms. The SMILES string of the molecule is CCCc1ccccc1N1c2cncnc2N(c2ccncc2)C1CC. The predicted molar refractivity (Wildman–Crippen MR) is 105 cm³/mol. The molecule has 132 valence electrons. The molecule has 3 heterocycles. The van der Waals surface area contributed by atoms with Crippen molar-refractivity contribution in [2.24, 2.45) is 0 Å². The maximum Gasteiger partial charge on any atom is 0.162 e. The van der Waals surface area contributed by atoms with Crippen LogP contribution < -0.4 is 9.80 Å². The molecular formula is C21H23N5. The highest BCUT2D eigenvalue weighted by molar-refractivity contribution is 5.86. The van der Waals surface area contributed by atoms with E-state index in [-0.39, 0.29) is 6.17 Å². The van der Waals surface area contributed by atoms with E-state index in [4.69, 9.17) is 0 Å². The highest BCUT2D eigenvalue weighted by atomic mass is 15.4. The smallest absolute Gasteiger partial charge is 0.162 e. The normalized spacial score (nSPS) is 16.0. The first kappa shape index (κ1) is 16.5. The van der Waals surface area contributed by atoms with Crippen molar-refractivity contribution < 1.29 is 0 Å². The van der Waals surface area contributed by atoms with Gasteiger partial charge in [0.2, 0.25) is 0 Å². The molecule has 0 aliphatic carbocycles. The minimum absolute atomic E-state index is 0.155. The summed E-state index contributed by atoms with van der Waals surface area (Å²) in [6, 6.07) is 12.7. The summed E-state index contributed by atoms with van der Waals surface area (Å²) in [5.41, 5.74) is 4.76. The van der Waals surface area contributed by atoms with Gasteiger partial charge in [0.25, 0.3) is 0 Å². The fourth-order valence-electron chi connectivity index (χ4n) is 3.77. The van der Waals surface area contributed by atoms with Crippen molar-refractivity contribution >= 4 is 22.9 Å². The quantitative estimate of drug-likeness (QED) is 0.661. The molecule has 0 spiro atoms. The van der Waals surface area contributed by atoms with E-state index >= 15 is 0 Å². The van der Waals surface area contributed by atoms with Gasteiger partial charge in [-0.25, -0.2) is 9.97 Å². The number of benzene rings is 1. The first-order valence-corrected chi connectivity index (χ1v) is 9.21. The van der Waals surface area contributed by atoms with E-state index in [1.807, 2.05) is 30.7 Å². The van der Waals surface area contributed by atoms with Crippen molar-refractivity contribution in [3.63, 3.8) is 0 Å². The third-order valence-corrected chi connectivity index (χ3v) is 4.83. The summed E-state index contributed by atoms with van der Waals surface area (Å²) in [7, 11) is 0. The summed E-state index contributed by atoms with van der Waals surface area (Å²) in [6.07, 6.45) is 10.5. The Bertz CT molecular complexity index is 880. The zero-order valence-electron chi connectivity index (χ0n) is 15.2. The minimum atomic E-state index is 0.155. The number of rotatable bonds is 5. The Labute approximate surface area is 154 Å². The molecule has 0 fully saturated rings. The highest BCUT2D eigenvalue weighted by Crippen LogP contribution is 2.47. The van der Waals surface area contributed by atoms with Gasteiger partial charge in [-0.15, -0.1) is 0 Å². The molecule has 4 rings (SSSR count). The Hall–Kier alpha value is -2.95. The Morgan fingerprint density at radius 2 is 1.73 bits per heavy atom. The number of fused-ring (bicyclic) bond motifs is 1. The Kier molecular flexibility index (Phi) is 4.52. The standard InChI is InChI=1S/C21H23N5/c1-3-7-16-8-5-6-9-18(16)26-19-14-23-15-24-21(19)25(20(26)4-2)17-10-12-22-13-11-17/h5-6,8-15,20H,3-4,7H2,1-2H3. The molecule has 0 radical (unpaired) electrons. The number of aryl methyl sites for hydroxylation is 1. The molecule has 1 atom stereocenters. The van der Waals surface area contributed by atoms with Crippen LogP contribution >= 0.6 is 0 Å². The van der Waals surface area contributed by atoms with Gasteiger partial charge < -0.3 is 9.80 Å². The van der Waals surface area contributed by atoms with E-state index in [1.165, 1.54) is 11.3 Å². The van der Waals surface area contributed by atoms with Crippen LogP contribution in [0, 0.1) is 0 Å². The van der Waals surface area contributed by atoms with Crippen molar-refractivity contribution in [2.45, 2.75) is 39.3 Å². The molecule has 0 saturated heterocycles. The van der Waals surface area contributed by atoms with Crippen LogP contribution in [0.4, 0.5) is 22.9 Å². The molecule has 0 N–H and O–H groups in total. The number of para-hydroxylation sites is 1. The fourth-order valence-corrected chi connectivity index (χ4v) is 3.77. The second-order valence-corrected chi connectivity index (χ2v) is 6.44. The lowest BCUT2D eigenvalue weighted by Crippen LogP contribution is -2.38. The number of hydrogen-bond acceptors (Lipinski definition) is 5. The van der Waals surface area contributed by atoms with E-state index < -0.39 is 0 Å². The minimum Gasteiger partial charge on any atom is -0.315 e. The molecular weight excluding hydrogens is 322 g/mol. The van der Waals surface area contributed by atoms with E-state index in [9.17, 15) is 0 Å². The van der Waals surface area contributed by atoms with Gasteiger partial charge in [-0.3, -0.25) is 4.98 Å². The molecule has 1 aromatic carbocycles. The summed E-state index contributed by atoms with van der Waals surface area (Å²) in [4.78, 5) is 17.8. The summed E-state index contributed by atoms with van der Waals surface area (Å²) in [6.45, 7) is 4.44. The van der Waals surface area contributed by atoms with Crippen molar-refractivity contribution in [3.8, 4) is 0 Å². The topological polar surface area (TPSA) is 45.2 Å². The van der Waals surface area contributed by atoms with Gasteiger partial charge in [-0.05, 0) is 36.6 Å². The van der Waals surface area contributed by atoms with Gasteiger partial charge in [0.1, 0.15) is 18.2 Å². The first-order chi connectivity index (χ1) is 12.8. The maximum atomic E-state index is 4.62. The van der Waals surface area contributed by atoms with E-state index in [2.05, 4.69) is 62.9 Å². The van der Waals surface area contributed by atoms with Crippen LogP contribution in [0.25, 0.3) is 0 Å². The van der Waals surface area contributed by atoms with Gasteiger partial charge >= 0.3 is 0 Å². The van der Waals surface area contributed by atoms with E-state index in [1.54, 1.807) is 6.33 Å². The lowest BCUT2D eigenvalue weighted by atomic mass is 10.1. The third-order valence-electron chi connectivity index (χ3n) is 4.83. The molecule has 1 unspecified atom stereocenters. The van der Waals surface area contributed by atoms with Crippen LogP contribution in [-0.4, -0.2) is 21.1 Å². The van der Waals surface area contributed by atoms with Gasteiger partial charge in [0, 0.05) is 23.8 Å². The van der Waals surface area contributed by atoms with Crippen LogP contribution in [0.15, 0.2) is 61.3 Å². The zero-order chi connectivity index (χ0) is 17.9. The highest BCUT2D eigenvalue weighted by Gasteiger charge is 2.38. The Morgan fingerprint density at radius 3 is 2.50 bits per heavy atom. The van der Waals surface area contributed by atoms with Crippen LogP contribution in [0.1, 0.15) is 32.3 Å². The number of aromatic nitrogens is 3. The molecule has 0 saturated carbocycles. The summed E-state index contributed by atoms with van der Waals surface area (Å²) in [5.74, 6) is 0.948. The molecule has 1 aliphatic rings. The fraction of sp³-hybridized carbons (Fsp3) is 0.286. The number of pyridine rings is 1. The van der Waals surface area contributed by atoms with Gasteiger partial charge in [-0.2, -0.15) is 0 Å². The first-order valence-electron chi connectivity index (χ1n) is 9.21. The summed E-state index contributed by atoms with van der Waals surface area (Å²) in [5, 5.41) is 0. The zero-order valence-corrected chi connectivity index (χ0v) is 15.2. The Balaban J connectivity index is 1.88. The predicted octanol–water partition coefficient (Wildman–Crippen LogP) is 4.85. The third kappa shape index (κ3) is 2.69.